The number of hydrogen-bond acceptors (Lipinski definition) is 6. The third-order valence-corrected chi connectivity index (χ3v) is 6.20. The number of likely N-dealkylation sites (tertiary alicyclic amines) is 1. The molecule has 7 nitrogen and oxygen atoms in total. The smallest absolute Gasteiger partial charge is 0.233 e. The molecule has 0 N–H and O–H groups in total. The Balaban J connectivity index is 1.41. The molecule has 1 unspecified atom stereocenters. The van der Waals surface area contributed by atoms with Crippen LogP contribution in [0.15, 0.2) is 54.6 Å². The fourth-order valence-corrected chi connectivity index (χ4v) is 4.28. The van der Waals surface area contributed by atoms with E-state index in [1.807, 2.05) is 54.6 Å². The quantitative estimate of drug-likeness (QED) is 0.610. The molecule has 1 saturated heterocycles. The zero-order valence-corrected chi connectivity index (χ0v) is 17.6. The number of aromatic nitrogens is 2. The molecule has 154 valence electrons. The average molecular weight is 423 g/mol. The molecule has 30 heavy (non-hydrogen) atoms. The first-order chi connectivity index (χ1) is 14.5. The Morgan fingerprint density at radius 3 is 2.60 bits per heavy atom. The van der Waals surface area contributed by atoms with Gasteiger partial charge in [-0.1, -0.05) is 53.8 Å². The highest BCUT2D eigenvalue weighted by atomic mass is 32.1. The maximum absolute atomic E-state index is 13.0. The van der Waals surface area contributed by atoms with Gasteiger partial charge in [0.25, 0.3) is 0 Å². The Labute approximate surface area is 178 Å². The van der Waals surface area contributed by atoms with Gasteiger partial charge in [-0.3, -0.25) is 14.5 Å². The van der Waals surface area contributed by atoms with Crippen molar-refractivity contribution in [3.05, 3.63) is 60.2 Å². The van der Waals surface area contributed by atoms with Crippen molar-refractivity contribution in [2.75, 3.05) is 25.6 Å². The summed E-state index contributed by atoms with van der Waals surface area (Å²) in [7, 11) is 3.31. The Bertz CT molecular complexity index is 1040. The summed E-state index contributed by atoms with van der Waals surface area (Å²) >= 11 is 1.36. The van der Waals surface area contributed by atoms with Crippen molar-refractivity contribution < 1.29 is 14.3 Å². The molecule has 0 bridgehead atoms. The topological polar surface area (TPSA) is 75.6 Å². The van der Waals surface area contributed by atoms with E-state index < -0.39 is 0 Å². The van der Waals surface area contributed by atoms with Crippen LogP contribution in [0.1, 0.15) is 12.0 Å². The monoisotopic (exact) mass is 422 g/mol. The third kappa shape index (κ3) is 4.18. The van der Waals surface area contributed by atoms with Crippen LogP contribution in [0.5, 0.6) is 5.75 Å². The molecule has 2 amide bonds. The lowest BCUT2D eigenvalue weighted by Crippen LogP contribution is -2.34. The van der Waals surface area contributed by atoms with Crippen LogP contribution in [0, 0.1) is 5.92 Å². The number of benzene rings is 2. The van der Waals surface area contributed by atoms with Crippen molar-refractivity contribution in [2.24, 2.45) is 5.92 Å². The lowest BCUT2D eigenvalue weighted by molar-refractivity contribution is -0.128. The van der Waals surface area contributed by atoms with Gasteiger partial charge >= 0.3 is 0 Å². The molecular weight excluding hydrogens is 400 g/mol. The zero-order valence-electron chi connectivity index (χ0n) is 16.8. The van der Waals surface area contributed by atoms with Crippen LogP contribution in [0.3, 0.4) is 0 Å². The fourth-order valence-electron chi connectivity index (χ4n) is 3.46. The number of rotatable bonds is 6. The summed E-state index contributed by atoms with van der Waals surface area (Å²) in [5.41, 5.74) is 1.96. The number of carbonyl (C=O) groups excluding carboxylic acids is 2. The Morgan fingerprint density at radius 2 is 1.90 bits per heavy atom. The van der Waals surface area contributed by atoms with Gasteiger partial charge in [0.05, 0.1) is 13.0 Å². The van der Waals surface area contributed by atoms with E-state index in [1.54, 1.807) is 19.1 Å². The maximum atomic E-state index is 13.0. The molecule has 1 aromatic heterocycles. The summed E-state index contributed by atoms with van der Waals surface area (Å²) in [5.74, 6) is 0.258. The van der Waals surface area contributed by atoms with E-state index in [1.165, 1.54) is 16.2 Å². The standard InChI is InChI=1S/C22H22N4O3S/c1-25(22-24-23-20(30-22)16-6-4-3-5-7-16)21(28)17-12-19(27)26(14-17)13-15-8-10-18(29-2)11-9-15/h3-11,17H,12-14H2,1-2H3. The molecule has 1 atom stereocenters. The molecule has 1 aliphatic rings. The Kier molecular flexibility index (Phi) is 5.76. The molecule has 2 heterocycles. The first-order valence-electron chi connectivity index (χ1n) is 9.62. The zero-order chi connectivity index (χ0) is 21.1. The first kappa shape index (κ1) is 20.0. The largest absolute Gasteiger partial charge is 0.497 e. The minimum absolute atomic E-state index is 0.0141. The molecule has 0 radical (unpaired) electrons. The van der Waals surface area contributed by atoms with E-state index in [-0.39, 0.29) is 24.2 Å². The van der Waals surface area contributed by atoms with Gasteiger partial charge in [0.1, 0.15) is 10.8 Å². The molecule has 3 aromatic rings. The molecule has 4 rings (SSSR count). The van der Waals surface area contributed by atoms with E-state index in [2.05, 4.69) is 10.2 Å². The van der Waals surface area contributed by atoms with Crippen molar-refractivity contribution in [1.82, 2.24) is 15.1 Å². The van der Waals surface area contributed by atoms with E-state index in [9.17, 15) is 9.59 Å². The Hall–Kier alpha value is -3.26. The highest BCUT2D eigenvalue weighted by Gasteiger charge is 2.36. The summed E-state index contributed by atoms with van der Waals surface area (Å²) in [6.07, 6.45) is 0.212. The van der Waals surface area contributed by atoms with Gasteiger partial charge in [0.2, 0.25) is 16.9 Å². The van der Waals surface area contributed by atoms with Gasteiger partial charge in [-0.2, -0.15) is 0 Å². The number of hydrogen-bond donors (Lipinski definition) is 0. The van der Waals surface area contributed by atoms with E-state index in [0.29, 0.717) is 18.2 Å². The lowest BCUT2D eigenvalue weighted by atomic mass is 10.1. The predicted molar refractivity (Wildman–Crippen MR) is 115 cm³/mol. The number of ether oxygens (including phenoxy) is 1. The number of carbonyl (C=O) groups is 2. The minimum Gasteiger partial charge on any atom is -0.497 e. The van der Waals surface area contributed by atoms with Crippen LogP contribution < -0.4 is 9.64 Å². The Morgan fingerprint density at radius 1 is 1.17 bits per heavy atom. The summed E-state index contributed by atoms with van der Waals surface area (Å²) in [6, 6.07) is 17.3. The highest BCUT2D eigenvalue weighted by molar-refractivity contribution is 7.18. The third-order valence-electron chi connectivity index (χ3n) is 5.15. The van der Waals surface area contributed by atoms with Gasteiger partial charge in [0.15, 0.2) is 0 Å². The van der Waals surface area contributed by atoms with Crippen LogP contribution in [0.4, 0.5) is 5.13 Å². The van der Waals surface area contributed by atoms with E-state index in [4.69, 9.17) is 4.74 Å². The lowest BCUT2D eigenvalue weighted by Gasteiger charge is -2.19. The van der Waals surface area contributed by atoms with Gasteiger partial charge in [-0.25, -0.2) is 0 Å². The second kappa shape index (κ2) is 8.62. The molecule has 0 saturated carbocycles. The van der Waals surface area contributed by atoms with Crippen LogP contribution in [-0.2, 0) is 16.1 Å². The fraction of sp³-hybridized carbons (Fsp3) is 0.273. The molecule has 8 heteroatoms. The SMILES string of the molecule is COc1ccc(CN2CC(C(=O)N(C)c3nnc(-c4ccccc4)s3)CC2=O)cc1. The normalized spacial score (nSPS) is 16.0. The van der Waals surface area contributed by atoms with Crippen LogP contribution >= 0.6 is 11.3 Å². The van der Waals surface area contributed by atoms with Crippen molar-refractivity contribution in [3.8, 4) is 16.3 Å². The first-order valence-corrected chi connectivity index (χ1v) is 10.4. The second-order valence-electron chi connectivity index (χ2n) is 7.18. The van der Waals surface area contributed by atoms with E-state index in [0.717, 1.165) is 21.9 Å². The summed E-state index contributed by atoms with van der Waals surface area (Å²) in [5, 5.41) is 9.66. The van der Waals surface area contributed by atoms with Crippen molar-refractivity contribution in [1.29, 1.82) is 0 Å². The molecular formula is C22H22N4O3S. The molecule has 0 aliphatic carbocycles. The van der Waals surface area contributed by atoms with Gasteiger partial charge in [0, 0.05) is 32.1 Å². The highest BCUT2D eigenvalue weighted by Crippen LogP contribution is 2.30. The van der Waals surface area contributed by atoms with Crippen molar-refractivity contribution in [2.45, 2.75) is 13.0 Å². The number of anilines is 1. The number of methoxy groups -OCH3 is 1. The van der Waals surface area contributed by atoms with Gasteiger partial charge in [-0.15, -0.1) is 10.2 Å². The minimum atomic E-state index is -0.384. The number of amides is 2. The second-order valence-corrected chi connectivity index (χ2v) is 8.13. The maximum Gasteiger partial charge on any atom is 0.233 e. The van der Waals surface area contributed by atoms with Crippen LogP contribution in [0.25, 0.3) is 10.6 Å². The molecule has 1 fully saturated rings. The van der Waals surface area contributed by atoms with Crippen LogP contribution in [0.2, 0.25) is 0 Å². The van der Waals surface area contributed by atoms with Gasteiger partial charge < -0.3 is 9.64 Å². The molecule has 0 spiro atoms. The summed E-state index contributed by atoms with van der Waals surface area (Å²) in [6.45, 7) is 0.881. The molecule has 1 aliphatic heterocycles. The van der Waals surface area contributed by atoms with Gasteiger partial charge in [-0.05, 0) is 17.7 Å². The summed E-state index contributed by atoms with van der Waals surface area (Å²) in [4.78, 5) is 28.7. The van der Waals surface area contributed by atoms with E-state index >= 15 is 0 Å². The summed E-state index contributed by atoms with van der Waals surface area (Å²) < 4.78 is 5.17. The van der Waals surface area contributed by atoms with Crippen LogP contribution in [-0.4, -0.2) is 47.6 Å². The molecule has 2 aromatic carbocycles. The average Bonchev–Trinajstić information content (AvgIpc) is 3.41. The van der Waals surface area contributed by atoms with Crippen molar-refractivity contribution >= 4 is 28.3 Å². The predicted octanol–water partition coefficient (Wildman–Crippen LogP) is 3.23. The van der Waals surface area contributed by atoms with Crippen molar-refractivity contribution in [3.63, 3.8) is 0 Å². The number of nitrogens with zero attached hydrogens (tertiary/aromatic N) is 4.